The van der Waals surface area contributed by atoms with Crippen LogP contribution >= 0.6 is 0 Å². The van der Waals surface area contributed by atoms with Crippen molar-refractivity contribution < 1.29 is 4.79 Å². The number of ketones is 1. The molecule has 4 rings (SSSR count). The van der Waals surface area contributed by atoms with Gasteiger partial charge in [-0.3, -0.25) is 4.79 Å². The van der Waals surface area contributed by atoms with Gasteiger partial charge >= 0.3 is 0 Å². The van der Waals surface area contributed by atoms with Crippen molar-refractivity contribution in [1.82, 2.24) is 0 Å². The van der Waals surface area contributed by atoms with Gasteiger partial charge in [-0.1, -0.05) is 30.0 Å². The minimum Gasteiger partial charge on any atom is -0.300 e. The normalized spacial score (nSPS) is 37.5. The highest BCUT2D eigenvalue weighted by molar-refractivity contribution is 5.80. The molecule has 1 aromatic carbocycles. The van der Waals surface area contributed by atoms with Crippen LogP contribution in [0.15, 0.2) is 30.3 Å². The molecule has 108 valence electrons. The summed E-state index contributed by atoms with van der Waals surface area (Å²) in [5.41, 5.74) is 1.13. The van der Waals surface area contributed by atoms with Crippen molar-refractivity contribution in [2.45, 2.75) is 38.5 Å². The van der Waals surface area contributed by atoms with E-state index < -0.39 is 0 Å². The Balaban J connectivity index is 1.58. The molecule has 3 aliphatic carbocycles. The molecule has 0 unspecified atom stereocenters. The molecular weight excluding hydrogens is 256 g/mol. The van der Waals surface area contributed by atoms with E-state index in [9.17, 15) is 4.79 Å². The van der Waals surface area contributed by atoms with E-state index in [0.717, 1.165) is 36.7 Å². The number of carbonyl (C=O) groups is 1. The van der Waals surface area contributed by atoms with Crippen LogP contribution in [-0.2, 0) is 4.79 Å². The van der Waals surface area contributed by atoms with Crippen LogP contribution in [0.25, 0.3) is 0 Å². The average molecular weight is 278 g/mol. The number of benzene rings is 1. The summed E-state index contributed by atoms with van der Waals surface area (Å²) in [5, 5.41) is 0. The summed E-state index contributed by atoms with van der Waals surface area (Å²) in [6, 6.07) is 10.3. The summed E-state index contributed by atoms with van der Waals surface area (Å²) in [5.74, 6) is 11.0. The highest BCUT2D eigenvalue weighted by Crippen LogP contribution is 2.56. The molecular formula is C20H22O. The lowest BCUT2D eigenvalue weighted by Crippen LogP contribution is -2.27. The number of rotatable bonds is 1. The first-order valence-corrected chi connectivity index (χ1v) is 8.39. The smallest absolute Gasteiger partial charge is 0.133 e. The lowest BCUT2D eigenvalue weighted by atomic mass is 9.72. The van der Waals surface area contributed by atoms with Crippen LogP contribution in [0.3, 0.4) is 0 Å². The maximum Gasteiger partial charge on any atom is 0.133 e. The Bertz CT molecular complexity index is 591. The van der Waals surface area contributed by atoms with Crippen LogP contribution < -0.4 is 0 Å². The lowest BCUT2D eigenvalue weighted by Gasteiger charge is -2.32. The van der Waals surface area contributed by atoms with Crippen molar-refractivity contribution in [3.8, 4) is 11.8 Å². The van der Waals surface area contributed by atoms with Gasteiger partial charge < -0.3 is 0 Å². The molecule has 5 atom stereocenters. The molecule has 1 aromatic rings. The van der Waals surface area contributed by atoms with E-state index in [1.54, 1.807) is 0 Å². The zero-order chi connectivity index (χ0) is 14.2. The molecule has 2 bridgehead atoms. The van der Waals surface area contributed by atoms with Gasteiger partial charge in [0, 0.05) is 24.3 Å². The molecule has 0 radical (unpaired) electrons. The second-order valence-electron chi connectivity index (χ2n) is 7.11. The summed E-state index contributed by atoms with van der Waals surface area (Å²) >= 11 is 0. The van der Waals surface area contributed by atoms with Crippen molar-refractivity contribution in [2.75, 3.05) is 0 Å². The molecule has 0 spiro atoms. The Hall–Kier alpha value is -1.55. The van der Waals surface area contributed by atoms with Gasteiger partial charge in [-0.15, -0.1) is 0 Å². The van der Waals surface area contributed by atoms with Gasteiger partial charge in [0.25, 0.3) is 0 Å². The summed E-state index contributed by atoms with van der Waals surface area (Å²) < 4.78 is 0. The molecule has 3 saturated carbocycles. The molecule has 1 nitrogen and oxygen atoms in total. The van der Waals surface area contributed by atoms with Crippen LogP contribution in [0.1, 0.15) is 44.1 Å². The Morgan fingerprint density at radius 3 is 2.52 bits per heavy atom. The summed E-state index contributed by atoms with van der Waals surface area (Å²) in [7, 11) is 0. The number of carbonyl (C=O) groups excluding carboxylic acids is 1. The molecule has 3 aliphatic rings. The highest BCUT2D eigenvalue weighted by atomic mass is 16.1. The SMILES string of the molecule is O=C1CC[C@H]([C@H]2[C@@H]3CC[C@@H](C3)[C@H]2C#Cc2ccccc2)C1. The van der Waals surface area contributed by atoms with Crippen molar-refractivity contribution >= 4 is 5.78 Å². The minimum atomic E-state index is 0.484. The Labute approximate surface area is 127 Å². The zero-order valence-corrected chi connectivity index (χ0v) is 12.4. The van der Waals surface area contributed by atoms with Crippen LogP contribution in [-0.4, -0.2) is 5.78 Å². The first kappa shape index (κ1) is 13.1. The highest BCUT2D eigenvalue weighted by Gasteiger charge is 2.50. The van der Waals surface area contributed by atoms with E-state index in [0.29, 0.717) is 23.5 Å². The minimum absolute atomic E-state index is 0.484. The number of Topliss-reactive ketones (excluding diaryl/α,β-unsaturated/α-hetero) is 1. The summed E-state index contributed by atoms with van der Waals surface area (Å²) in [6.45, 7) is 0. The largest absolute Gasteiger partial charge is 0.300 e. The van der Waals surface area contributed by atoms with Crippen LogP contribution in [0.4, 0.5) is 0 Å². The fourth-order valence-corrected chi connectivity index (χ4v) is 5.09. The third kappa shape index (κ3) is 2.42. The molecule has 3 fully saturated rings. The predicted molar refractivity (Wildman–Crippen MR) is 83.5 cm³/mol. The average Bonchev–Trinajstić information content (AvgIpc) is 3.21. The van der Waals surface area contributed by atoms with Crippen molar-refractivity contribution in [3.63, 3.8) is 0 Å². The molecule has 1 heteroatoms. The predicted octanol–water partition coefficient (Wildman–Crippen LogP) is 4.07. The zero-order valence-electron chi connectivity index (χ0n) is 12.4. The molecule has 0 aliphatic heterocycles. The summed E-state index contributed by atoms with van der Waals surface area (Å²) in [6.07, 6.45) is 6.87. The van der Waals surface area contributed by atoms with Gasteiger partial charge in [0.2, 0.25) is 0 Å². The van der Waals surface area contributed by atoms with Gasteiger partial charge in [0.05, 0.1) is 0 Å². The molecule has 0 heterocycles. The van der Waals surface area contributed by atoms with E-state index in [2.05, 4.69) is 36.1 Å². The van der Waals surface area contributed by atoms with E-state index in [1.165, 1.54) is 19.3 Å². The van der Waals surface area contributed by atoms with E-state index >= 15 is 0 Å². The Morgan fingerprint density at radius 2 is 1.76 bits per heavy atom. The van der Waals surface area contributed by atoms with Crippen molar-refractivity contribution in [3.05, 3.63) is 35.9 Å². The number of hydrogen-bond donors (Lipinski definition) is 0. The van der Waals surface area contributed by atoms with Crippen LogP contribution in [0, 0.1) is 41.4 Å². The molecule has 0 N–H and O–H groups in total. The van der Waals surface area contributed by atoms with Gasteiger partial charge in [-0.05, 0) is 61.5 Å². The third-order valence-corrected chi connectivity index (χ3v) is 5.97. The van der Waals surface area contributed by atoms with Crippen LogP contribution in [0.5, 0.6) is 0 Å². The monoisotopic (exact) mass is 278 g/mol. The van der Waals surface area contributed by atoms with Gasteiger partial charge in [0.1, 0.15) is 5.78 Å². The standard InChI is InChI=1S/C20H22O/c21-18-10-9-17(13-18)20-16-8-7-15(12-16)19(20)11-6-14-4-2-1-3-5-14/h1-5,15-17,19-20H,7-10,12-13H2/t15-,16+,17-,19+,20+/m0/s1. The quantitative estimate of drug-likeness (QED) is 0.708. The molecule has 21 heavy (non-hydrogen) atoms. The fourth-order valence-electron chi connectivity index (χ4n) is 5.09. The van der Waals surface area contributed by atoms with E-state index in [4.69, 9.17) is 0 Å². The van der Waals surface area contributed by atoms with Crippen molar-refractivity contribution in [1.29, 1.82) is 0 Å². The van der Waals surface area contributed by atoms with E-state index in [1.807, 2.05) is 6.07 Å². The Morgan fingerprint density at radius 1 is 0.952 bits per heavy atom. The van der Waals surface area contributed by atoms with Crippen molar-refractivity contribution in [2.24, 2.45) is 29.6 Å². The third-order valence-electron chi connectivity index (χ3n) is 5.97. The Kier molecular flexibility index (Phi) is 3.34. The topological polar surface area (TPSA) is 17.1 Å². The first-order valence-electron chi connectivity index (χ1n) is 8.39. The van der Waals surface area contributed by atoms with E-state index in [-0.39, 0.29) is 0 Å². The van der Waals surface area contributed by atoms with Gasteiger partial charge in [0.15, 0.2) is 0 Å². The fraction of sp³-hybridized carbons (Fsp3) is 0.550. The second kappa shape index (κ2) is 5.34. The number of fused-ring (bicyclic) bond motifs is 2. The molecule has 0 amide bonds. The lowest BCUT2D eigenvalue weighted by molar-refractivity contribution is -0.117. The molecule has 0 aromatic heterocycles. The number of hydrogen-bond acceptors (Lipinski definition) is 1. The maximum absolute atomic E-state index is 11.7. The summed E-state index contributed by atoms with van der Waals surface area (Å²) in [4.78, 5) is 11.7. The first-order chi connectivity index (χ1) is 10.3. The maximum atomic E-state index is 11.7. The molecule has 0 saturated heterocycles. The van der Waals surface area contributed by atoms with Gasteiger partial charge in [-0.2, -0.15) is 0 Å². The second-order valence-corrected chi connectivity index (χ2v) is 7.11. The van der Waals surface area contributed by atoms with Gasteiger partial charge in [-0.25, -0.2) is 0 Å². The van der Waals surface area contributed by atoms with Crippen LogP contribution in [0.2, 0.25) is 0 Å².